The van der Waals surface area contributed by atoms with Gasteiger partial charge in [-0.25, -0.2) is 22.0 Å². The third kappa shape index (κ3) is 7.18. The van der Waals surface area contributed by atoms with Gasteiger partial charge in [-0.1, -0.05) is 30.7 Å². The summed E-state index contributed by atoms with van der Waals surface area (Å²) in [4.78, 5) is 27.2. The van der Waals surface area contributed by atoms with Gasteiger partial charge in [0.05, 0.1) is 5.75 Å². The minimum Gasteiger partial charge on any atom is -0.465 e. The number of carboxylic acid groups (broad SMARTS) is 1. The maximum absolute atomic E-state index is 14.0. The Hall–Kier alpha value is -3.09. The second kappa shape index (κ2) is 13.3. The standard InChI is InChI=1S/C31H40F2N4O5S/c1-36(31(39)40)29(28(21-7-12-23(32)13-8-21)22-9-14-24(33)15-10-22)30(38)35-27-6-2-4-20(27)11-16-26-18-34-25-5-3-17-43(41,42)37(26)19-25/h7-10,12-15,20,25-29,34H,2-6,11,16-19H2,1H3,(H,35,38)(H,39,40)/t20-,25-,26+,27+,29+/m1/s1. The number of sulfonamides is 1. The van der Waals surface area contributed by atoms with E-state index in [-0.39, 0.29) is 29.8 Å². The van der Waals surface area contributed by atoms with Gasteiger partial charge >= 0.3 is 6.09 Å². The van der Waals surface area contributed by atoms with Crippen LogP contribution in [0.1, 0.15) is 62.0 Å². The number of carbonyl (C=O) groups excluding carboxylic acids is 1. The van der Waals surface area contributed by atoms with Gasteiger partial charge < -0.3 is 15.7 Å². The zero-order chi connectivity index (χ0) is 30.7. The van der Waals surface area contributed by atoms with Crippen LogP contribution >= 0.6 is 0 Å². The maximum Gasteiger partial charge on any atom is 0.407 e. The van der Waals surface area contributed by atoms with Crippen molar-refractivity contribution in [2.45, 2.75) is 75.0 Å². The lowest BCUT2D eigenvalue weighted by molar-refractivity contribution is -0.127. The van der Waals surface area contributed by atoms with Gasteiger partial charge in [0.2, 0.25) is 15.9 Å². The normalized spacial score (nSPS) is 27.3. The molecular formula is C31H40F2N4O5S. The number of likely N-dealkylation sites (N-methyl/N-ethyl adjacent to an activating group) is 1. The molecule has 5 rings (SSSR count). The van der Waals surface area contributed by atoms with E-state index in [2.05, 4.69) is 10.6 Å². The molecule has 3 fully saturated rings. The van der Waals surface area contributed by atoms with E-state index in [4.69, 9.17) is 0 Å². The van der Waals surface area contributed by atoms with Gasteiger partial charge in [-0.3, -0.25) is 9.69 Å². The van der Waals surface area contributed by atoms with Crippen molar-refractivity contribution in [1.29, 1.82) is 0 Å². The number of amides is 2. The Morgan fingerprint density at radius 2 is 1.63 bits per heavy atom. The number of carbonyl (C=O) groups is 2. The first-order chi connectivity index (χ1) is 20.5. The first kappa shape index (κ1) is 31.3. The molecule has 1 aliphatic carbocycles. The van der Waals surface area contributed by atoms with E-state index in [0.29, 0.717) is 37.1 Å². The van der Waals surface area contributed by atoms with Crippen LogP contribution in [0.5, 0.6) is 0 Å². The average molecular weight is 619 g/mol. The third-order valence-electron chi connectivity index (χ3n) is 9.38. The highest BCUT2D eigenvalue weighted by molar-refractivity contribution is 7.89. The Kier molecular flexibility index (Phi) is 9.67. The molecule has 3 aliphatic rings. The molecule has 2 bridgehead atoms. The third-order valence-corrected chi connectivity index (χ3v) is 11.3. The van der Waals surface area contributed by atoms with Crippen LogP contribution in [0.25, 0.3) is 0 Å². The molecule has 0 aromatic heterocycles. The van der Waals surface area contributed by atoms with Crippen LogP contribution in [0.3, 0.4) is 0 Å². The summed E-state index contributed by atoms with van der Waals surface area (Å²) in [6.45, 7) is 1.10. The number of nitrogens with one attached hydrogen (secondary N) is 2. The Bertz CT molecular complexity index is 1350. The van der Waals surface area contributed by atoms with Crippen LogP contribution in [0.2, 0.25) is 0 Å². The predicted molar refractivity (Wildman–Crippen MR) is 158 cm³/mol. The van der Waals surface area contributed by atoms with E-state index < -0.39 is 45.6 Å². The lowest BCUT2D eigenvalue weighted by Gasteiger charge is -2.38. The smallest absolute Gasteiger partial charge is 0.407 e. The number of halogens is 2. The molecule has 3 N–H and O–H groups in total. The molecule has 2 aromatic carbocycles. The van der Waals surface area contributed by atoms with Crippen molar-refractivity contribution in [3.8, 4) is 0 Å². The van der Waals surface area contributed by atoms with Crippen molar-refractivity contribution in [3.05, 3.63) is 71.3 Å². The molecule has 0 radical (unpaired) electrons. The molecule has 2 saturated heterocycles. The van der Waals surface area contributed by atoms with Crippen LogP contribution in [0.15, 0.2) is 48.5 Å². The first-order valence-corrected chi connectivity index (χ1v) is 16.6. The SMILES string of the molecule is CN(C(=O)O)[C@H](C(=O)N[C@H]1CCC[C@@H]1CC[C@H]1CN[C@@H]2CCCS(=O)(=O)N1C2)C(c1ccc(F)cc1)c1ccc(F)cc1. The summed E-state index contributed by atoms with van der Waals surface area (Å²) in [6, 6.07) is 9.68. The Morgan fingerprint density at radius 1 is 1.00 bits per heavy atom. The molecule has 9 nitrogen and oxygen atoms in total. The van der Waals surface area contributed by atoms with Crippen LogP contribution in [-0.4, -0.2) is 84.8 Å². The van der Waals surface area contributed by atoms with E-state index in [1.807, 2.05) is 0 Å². The molecule has 2 heterocycles. The van der Waals surface area contributed by atoms with Crippen LogP contribution in [0.4, 0.5) is 13.6 Å². The number of hydrogen-bond acceptors (Lipinski definition) is 5. The topological polar surface area (TPSA) is 119 Å². The summed E-state index contributed by atoms with van der Waals surface area (Å²) in [5.74, 6) is -1.97. The number of fused-ring (bicyclic) bond motifs is 2. The van der Waals surface area contributed by atoms with Crippen LogP contribution < -0.4 is 10.6 Å². The maximum atomic E-state index is 14.0. The average Bonchev–Trinajstić information content (AvgIpc) is 3.37. The van der Waals surface area contributed by atoms with Gasteiger partial charge in [-0.05, 0) is 79.8 Å². The highest BCUT2D eigenvalue weighted by atomic mass is 32.2. The quantitative estimate of drug-likeness (QED) is 0.392. The molecule has 234 valence electrons. The molecule has 1 saturated carbocycles. The fourth-order valence-electron chi connectivity index (χ4n) is 7.06. The van der Waals surface area contributed by atoms with Gasteiger partial charge in [-0.2, -0.15) is 4.31 Å². The van der Waals surface area contributed by atoms with Crippen molar-refractivity contribution in [2.24, 2.45) is 5.92 Å². The van der Waals surface area contributed by atoms with Crippen molar-refractivity contribution in [1.82, 2.24) is 19.8 Å². The predicted octanol–water partition coefficient (Wildman–Crippen LogP) is 3.91. The minimum absolute atomic E-state index is 0.113. The molecule has 2 aliphatic heterocycles. The zero-order valence-electron chi connectivity index (χ0n) is 24.3. The summed E-state index contributed by atoms with van der Waals surface area (Å²) in [5.41, 5.74) is 1.04. The van der Waals surface area contributed by atoms with E-state index in [9.17, 15) is 31.9 Å². The number of piperazine rings is 1. The van der Waals surface area contributed by atoms with E-state index in [0.717, 1.165) is 37.0 Å². The molecule has 2 amide bonds. The lowest BCUT2D eigenvalue weighted by atomic mass is 9.83. The van der Waals surface area contributed by atoms with Crippen molar-refractivity contribution < 1.29 is 31.9 Å². The van der Waals surface area contributed by atoms with Gasteiger partial charge in [0.25, 0.3) is 0 Å². The van der Waals surface area contributed by atoms with Gasteiger partial charge in [0, 0.05) is 44.2 Å². The summed E-state index contributed by atoms with van der Waals surface area (Å²) in [7, 11) is -1.98. The van der Waals surface area contributed by atoms with E-state index in [1.165, 1.54) is 55.6 Å². The molecule has 12 heteroatoms. The zero-order valence-corrected chi connectivity index (χ0v) is 25.1. The fourth-order valence-corrected chi connectivity index (χ4v) is 8.87. The molecular weight excluding hydrogens is 578 g/mol. The number of rotatable bonds is 9. The van der Waals surface area contributed by atoms with Crippen LogP contribution in [-0.2, 0) is 14.8 Å². The molecule has 43 heavy (non-hydrogen) atoms. The van der Waals surface area contributed by atoms with Crippen molar-refractivity contribution >= 4 is 22.0 Å². The fraction of sp³-hybridized carbons (Fsp3) is 0.548. The van der Waals surface area contributed by atoms with Crippen LogP contribution in [0, 0.1) is 17.6 Å². The number of hydrogen-bond donors (Lipinski definition) is 3. The highest BCUT2D eigenvalue weighted by Gasteiger charge is 2.41. The molecule has 2 aromatic rings. The van der Waals surface area contributed by atoms with Gasteiger partial charge in [0.1, 0.15) is 17.7 Å². The monoisotopic (exact) mass is 618 g/mol. The van der Waals surface area contributed by atoms with Gasteiger partial charge in [-0.15, -0.1) is 0 Å². The Labute approximate surface area is 251 Å². The minimum atomic E-state index is -3.30. The first-order valence-electron chi connectivity index (χ1n) is 15.0. The number of nitrogens with zero attached hydrogens (tertiary/aromatic N) is 2. The Morgan fingerprint density at radius 3 is 2.23 bits per heavy atom. The summed E-state index contributed by atoms with van der Waals surface area (Å²) >= 11 is 0. The summed E-state index contributed by atoms with van der Waals surface area (Å²) in [5, 5.41) is 16.6. The van der Waals surface area contributed by atoms with E-state index in [1.54, 1.807) is 4.31 Å². The van der Waals surface area contributed by atoms with E-state index >= 15 is 0 Å². The highest BCUT2D eigenvalue weighted by Crippen LogP contribution is 2.35. The Balaban J connectivity index is 1.35. The molecule has 0 spiro atoms. The van der Waals surface area contributed by atoms with Gasteiger partial charge in [0.15, 0.2) is 0 Å². The lowest BCUT2D eigenvalue weighted by Crippen LogP contribution is -2.57. The number of benzene rings is 2. The van der Waals surface area contributed by atoms with Crippen molar-refractivity contribution in [3.63, 3.8) is 0 Å². The molecule has 6 atom stereocenters. The second-order valence-corrected chi connectivity index (χ2v) is 14.1. The second-order valence-electron chi connectivity index (χ2n) is 12.1. The van der Waals surface area contributed by atoms with Crippen molar-refractivity contribution in [2.75, 3.05) is 25.9 Å². The summed E-state index contributed by atoms with van der Waals surface area (Å²) < 4.78 is 55.1. The summed E-state index contributed by atoms with van der Waals surface area (Å²) in [6.07, 6.45) is 4.09. The largest absolute Gasteiger partial charge is 0.465 e. The molecule has 1 unspecified atom stereocenters.